The van der Waals surface area contributed by atoms with Gasteiger partial charge in [-0.2, -0.15) is 0 Å². The predicted octanol–water partition coefficient (Wildman–Crippen LogP) is 3.33. The van der Waals surface area contributed by atoms with Gasteiger partial charge in [0.25, 0.3) is 0 Å². The second-order valence-corrected chi connectivity index (χ2v) is 7.28. The summed E-state index contributed by atoms with van der Waals surface area (Å²) in [5.41, 5.74) is 0.303. The minimum absolute atomic E-state index is 0. The summed E-state index contributed by atoms with van der Waals surface area (Å²) in [5, 5.41) is 10.8. The van der Waals surface area contributed by atoms with Gasteiger partial charge in [-0.05, 0) is 74.8 Å². The van der Waals surface area contributed by atoms with Gasteiger partial charge in [0.15, 0.2) is 0 Å². The third kappa shape index (κ3) is 2.82. The highest BCUT2D eigenvalue weighted by atomic mass is 35.5. The van der Waals surface area contributed by atoms with E-state index < -0.39 is 0 Å². The lowest BCUT2D eigenvalue weighted by molar-refractivity contribution is -0.126. The van der Waals surface area contributed by atoms with Gasteiger partial charge in [-0.3, -0.25) is 0 Å². The molecule has 4 saturated carbocycles. The number of hydrogen-bond acceptors (Lipinski definition) is 2. The molecule has 4 aliphatic carbocycles. The minimum Gasteiger partial charge on any atom is -0.391 e. The van der Waals surface area contributed by atoms with E-state index in [2.05, 4.69) is 18.7 Å². The monoisotopic (exact) mass is 287 g/mol. The lowest BCUT2D eigenvalue weighted by Crippen LogP contribution is -2.54. The van der Waals surface area contributed by atoms with E-state index in [1.54, 1.807) is 0 Å². The molecule has 0 aromatic rings. The van der Waals surface area contributed by atoms with Crippen molar-refractivity contribution in [1.82, 2.24) is 4.90 Å². The van der Waals surface area contributed by atoms with Crippen molar-refractivity contribution >= 4 is 12.4 Å². The Balaban J connectivity index is 0.00000133. The van der Waals surface area contributed by atoms with Crippen molar-refractivity contribution in [3.63, 3.8) is 0 Å². The third-order valence-corrected chi connectivity index (χ3v) is 6.12. The zero-order valence-corrected chi connectivity index (χ0v) is 13.3. The fourth-order valence-corrected chi connectivity index (χ4v) is 5.51. The summed E-state index contributed by atoms with van der Waals surface area (Å²) in [6.45, 7) is 7.45. The molecule has 0 radical (unpaired) electrons. The molecule has 2 nitrogen and oxygen atoms in total. The molecule has 4 fully saturated rings. The number of hydrogen-bond donors (Lipinski definition) is 1. The molecule has 0 amide bonds. The predicted molar refractivity (Wildman–Crippen MR) is 81.6 cm³/mol. The summed E-state index contributed by atoms with van der Waals surface area (Å²) in [5.74, 6) is 2.84. The summed E-state index contributed by atoms with van der Waals surface area (Å²) in [6, 6.07) is 0. The van der Waals surface area contributed by atoms with Crippen LogP contribution in [0.5, 0.6) is 0 Å². The highest BCUT2D eigenvalue weighted by molar-refractivity contribution is 5.85. The largest absolute Gasteiger partial charge is 0.391 e. The summed E-state index contributed by atoms with van der Waals surface area (Å²) >= 11 is 0. The van der Waals surface area contributed by atoms with Crippen molar-refractivity contribution < 1.29 is 5.11 Å². The van der Waals surface area contributed by atoms with Crippen molar-refractivity contribution in [2.75, 3.05) is 19.6 Å². The molecule has 0 aliphatic heterocycles. The third-order valence-electron chi connectivity index (χ3n) is 6.12. The van der Waals surface area contributed by atoms with E-state index in [9.17, 15) is 5.11 Å². The maximum absolute atomic E-state index is 10.8. The van der Waals surface area contributed by atoms with Crippen LogP contribution in [0.1, 0.15) is 52.4 Å². The van der Waals surface area contributed by atoms with E-state index >= 15 is 0 Å². The number of likely N-dealkylation sites (N-methyl/N-ethyl adjacent to an activating group) is 1. The Morgan fingerprint density at radius 3 is 1.79 bits per heavy atom. The van der Waals surface area contributed by atoms with E-state index in [-0.39, 0.29) is 18.5 Å². The average Bonchev–Trinajstić information content (AvgIpc) is 2.34. The lowest BCUT2D eigenvalue weighted by atomic mass is 9.48. The number of nitrogens with zero attached hydrogens (tertiary/aromatic N) is 1. The van der Waals surface area contributed by atoms with Crippen LogP contribution < -0.4 is 0 Å². The molecule has 1 N–H and O–H groups in total. The summed E-state index contributed by atoms with van der Waals surface area (Å²) in [6.07, 6.45) is 8.29. The normalized spacial score (nSPS) is 41.4. The van der Waals surface area contributed by atoms with Gasteiger partial charge in [-0.25, -0.2) is 0 Å². The molecule has 112 valence electrons. The number of halogens is 1. The molecule has 0 aromatic heterocycles. The molecule has 1 atom stereocenters. The molecule has 4 aliphatic rings. The summed E-state index contributed by atoms with van der Waals surface area (Å²) < 4.78 is 0. The molecule has 0 saturated heterocycles. The van der Waals surface area contributed by atoms with Crippen LogP contribution in [-0.2, 0) is 0 Å². The van der Waals surface area contributed by atoms with E-state index in [1.165, 1.54) is 38.5 Å². The average molecular weight is 288 g/mol. The topological polar surface area (TPSA) is 23.5 Å². The van der Waals surface area contributed by atoms with Gasteiger partial charge in [0, 0.05) is 6.54 Å². The first-order valence-electron chi connectivity index (χ1n) is 8.05. The number of aliphatic hydroxyl groups excluding tert-OH is 1. The lowest BCUT2D eigenvalue weighted by Gasteiger charge is -2.58. The Morgan fingerprint density at radius 1 is 1.00 bits per heavy atom. The minimum atomic E-state index is -0.0780. The van der Waals surface area contributed by atoms with E-state index in [0.717, 1.165) is 37.4 Å². The Kier molecular flexibility index (Phi) is 4.85. The zero-order chi connectivity index (χ0) is 12.8. The Bertz CT molecular complexity index is 268. The first-order chi connectivity index (χ1) is 8.65. The maximum atomic E-state index is 10.8. The van der Waals surface area contributed by atoms with Crippen LogP contribution in [0.15, 0.2) is 0 Å². The summed E-state index contributed by atoms with van der Waals surface area (Å²) in [4.78, 5) is 2.39. The van der Waals surface area contributed by atoms with E-state index in [4.69, 9.17) is 0 Å². The number of aliphatic hydroxyl groups is 1. The van der Waals surface area contributed by atoms with Crippen LogP contribution >= 0.6 is 12.4 Å². The first kappa shape index (κ1) is 15.6. The highest BCUT2D eigenvalue weighted by Crippen LogP contribution is 2.61. The smallest absolute Gasteiger partial charge is 0.0723 e. The molecular weight excluding hydrogens is 258 g/mol. The van der Waals surface area contributed by atoms with Gasteiger partial charge in [0.1, 0.15) is 0 Å². The second kappa shape index (κ2) is 5.91. The molecular formula is C16H30ClNO. The fourth-order valence-electron chi connectivity index (χ4n) is 5.51. The van der Waals surface area contributed by atoms with Gasteiger partial charge in [-0.1, -0.05) is 13.8 Å². The Morgan fingerprint density at radius 2 is 1.42 bits per heavy atom. The second-order valence-electron chi connectivity index (χ2n) is 7.28. The van der Waals surface area contributed by atoms with Crippen LogP contribution in [0.3, 0.4) is 0 Å². The van der Waals surface area contributed by atoms with Crippen LogP contribution in [0.25, 0.3) is 0 Å². The SMILES string of the molecule is CCN(CC)CC(O)C12CC3CC(CC(C3)C1)C2.Cl. The Labute approximate surface area is 124 Å². The molecule has 4 bridgehead atoms. The van der Waals surface area contributed by atoms with E-state index in [0.29, 0.717) is 5.41 Å². The molecule has 3 heteroatoms. The molecule has 0 spiro atoms. The standard InChI is InChI=1S/C16H29NO.ClH/c1-3-17(4-2)11-15(18)16-8-12-5-13(9-16)7-14(6-12)10-16;/h12-15,18H,3-11H2,1-2H3;1H. The van der Waals surface area contributed by atoms with Crippen LogP contribution in [-0.4, -0.2) is 35.7 Å². The van der Waals surface area contributed by atoms with Crippen molar-refractivity contribution in [1.29, 1.82) is 0 Å². The van der Waals surface area contributed by atoms with Crippen molar-refractivity contribution in [3.05, 3.63) is 0 Å². The fraction of sp³-hybridized carbons (Fsp3) is 1.00. The number of rotatable bonds is 5. The van der Waals surface area contributed by atoms with Crippen LogP contribution in [0, 0.1) is 23.2 Å². The van der Waals surface area contributed by atoms with Crippen molar-refractivity contribution in [3.8, 4) is 0 Å². The van der Waals surface area contributed by atoms with Crippen molar-refractivity contribution in [2.45, 2.75) is 58.5 Å². The molecule has 1 unspecified atom stereocenters. The highest BCUT2D eigenvalue weighted by Gasteiger charge is 2.53. The zero-order valence-electron chi connectivity index (χ0n) is 12.5. The molecule has 4 rings (SSSR count). The van der Waals surface area contributed by atoms with Gasteiger partial charge in [0.05, 0.1) is 6.10 Å². The van der Waals surface area contributed by atoms with E-state index in [1.807, 2.05) is 0 Å². The van der Waals surface area contributed by atoms with Crippen molar-refractivity contribution in [2.24, 2.45) is 23.2 Å². The summed E-state index contributed by atoms with van der Waals surface area (Å²) in [7, 11) is 0. The van der Waals surface area contributed by atoms with Gasteiger partial charge >= 0.3 is 0 Å². The quantitative estimate of drug-likeness (QED) is 0.838. The van der Waals surface area contributed by atoms with Gasteiger partial charge in [-0.15, -0.1) is 12.4 Å². The molecule has 19 heavy (non-hydrogen) atoms. The first-order valence-corrected chi connectivity index (χ1v) is 8.05. The molecule has 0 aromatic carbocycles. The molecule has 0 heterocycles. The van der Waals surface area contributed by atoms with Gasteiger partial charge < -0.3 is 10.0 Å². The Hall–Kier alpha value is 0.210. The van der Waals surface area contributed by atoms with Crippen LogP contribution in [0.2, 0.25) is 0 Å². The van der Waals surface area contributed by atoms with Crippen LogP contribution in [0.4, 0.5) is 0 Å². The van der Waals surface area contributed by atoms with Gasteiger partial charge in [0.2, 0.25) is 0 Å². The maximum Gasteiger partial charge on any atom is 0.0723 e.